The van der Waals surface area contributed by atoms with Gasteiger partial charge in [-0.05, 0) is 6.92 Å². The Bertz CT molecular complexity index is 224. The van der Waals surface area contributed by atoms with Crippen molar-refractivity contribution in [2.24, 2.45) is 0 Å². The van der Waals surface area contributed by atoms with Crippen LogP contribution in [0.3, 0.4) is 0 Å². The lowest BCUT2D eigenvalue weighted by molar-refractivity contribution is -0.140. The number of rotatable bonds is 2. The molecule has 0 rings (SSSR count). The Morgan fingerprint density at radius 3 is 2.08 bits per heavy atom. The number of nitrogens with zero attached hydrogens (tertiary/aromatic N) is 1. The van der Waals surface area contributed by atoms with E-state index >= 15 is 0 Å². The summed E-state index contributed by atoms with van der Waals surface area (Å²) in [7, 11) is 0. The van der Waals surface area contributed by atoms with E-state index in [-0.39, 0.29) is 13.0 Å². The van der Waals surface area contributed by atoms with Gasteiger partial charge in [0.25, 0.3) is 0 Å². The fraction of sp³-hybridized carbons (Fsp3) is 0.625. The van der Waals surface area contributed by atoms with Crippen molar-refractivity contribution < 1.29 is 19.1 Å². The van der Waals surface area contributed by atoms with Gasteiger partial charge in [-0.25, -0.2) is 4.79 Å². The molecule has 0 spiro atoms. The van der Waals surface area contributed by atoms with Crippen molar-refractivity contribution in [1.82, 2.24) is 4.90 Å². The second-order valence-corrected chi connectivity index (χ2v) is 2.30. The van der Waals surface area contributed by atoms with E-state index in [0.717, 1.165) is 6.92 Å². The molecule has 0 aliphatic carbocycles. The third kappa shape index (κ3) is 3.23. The van der Waals surface area contributed by atoms with Gasteiger partial charge in [0.2, 0.25) is 11.8 Å². The molecule has 0 heterocycles. The number of hydrogen-bond donors (Lipinski definition) is 0. The Morgan fingerprint density at radius 2 is 1.77 bits per heavy atom. The van der Waals surface area contributed by atoms with Gasteiger partial charge < -0.3 is 4.74 Å². The summed E-state index contributed by atoms with van der Waals surface area (Å²) in [4.78, 5) is 33.5. The van der Waals surface area contributed by atoms with Gasteiger partial charge in [0.1, 0.15) is 0 Å². The molecule has 74 valence electrons. The van der Waals surface area contributed by atoms with Crippen molar-refractivity contribution in [1.29, 1.82) is 0 Å². The van der Waals surface area contributed by atoms with Crippen LogP contribution in [0.1, 0.15) is 27.2 Å². The third-order valence-electron chi connectivity index (χ3n) is 1.32. The summed E-state index contributed by atoms with van der Waals surface area (Å²) in [6.07, 6.45) is -0.805. The summed E-state index contributed by atoms with van der Waals surface area (Å²) in [5.41, 5.74) is 0. The van der Waals surface area contributed by atoms with Crippen LogP contribution in [0.25, 0.3) is 0 Å². The van der Waals surface area contributed by atoms with Crippen molar-refractivity contribution in [2.75, 3.05) is 6.61 Å². The highest BCUT2D eigenvalue weighted by Crippen LogP contribution is 1.99. The van der Waals surface area contributed by atoms with Crippen molar-refractivity contribution in [3.63, 3.8) is 0 Å². The summed E-state index contributed by atoms with van der Waals surface area (Å²) >= 11 is 0. The molecule has 0 aromatic carbocycles. The minimum atomic E-state index is -0.901. The summed E-state index contributed by atoms with van der Waals surface area (Å²) in [6, 6.07) is 0. The molecule has 0 bridgehead atoms. The highest BCUT2D eigenvalue weighted by atomic mass is 16.6. The van der Waals surface area contributed by atoms with Gasteiger partial charge in [-0.2, -0.15) is 4.90 Å². The Labute approximate surface area is 76.7 Å². The van der Waals surface area contributed by atoms with Crippen molar-refractivity contribution in [3.05, 3.63) is 0 Å². The zero-order chi connectivity index (χ0) is 10.4. The predicted molar refractivity (Wildman–Crippen MR) is 44.8 cm³/mol. The molecular weight excluding hydrogens is 174 g/mol. The lowest BCUT2D eigenvalue weighted by atomic mass is 10.4. The van der Waals surface area contributed by atoms with Crippen LogP contribution in [0.15, 0.2) is 0 Å². The number of carbonyl (C=O) groups is 3. The van der Waals surface area contributed by atoms with Crippen molar-refractivity contribution in [2.45, 2.75) is 27.2 Å². The Kier molecular flexibility index (Phi) is 4.72. The average molecular weight is 187 g/mol. The molecule has 0 aromatic rings. The summed E-state index contributed by atoms with van der Waals surface area (Å²) < 4.78 is 4.53. The van der Waals surface area contributed by atoms with Crippen LogP contribution < -0.4 is 0 Å². The van der Waals surface area contributed by atoms with Gasteiger partial charge in [0, 0.05) is 13.3 Å². The highest BCUT2D eigenvalue weighted by molar-refractivity contribution is 6.07. The van der Waals surface area contributed by atoms with Crippen LogP contribution in [0.2, 0.25) is 0 Å². The summed E-state index contributed by atoms with van der Waals surface area (Å²) in [5, 5.41) is 0. The molecule has 0 saturated heterocycles. The minimum Gasteiger partial charge on any atom is -0.449 e. The predicted octanol–water partition coefficient (Wildman–Crippen LogP) is 0.928. The molecule has 5 heteroatoms. The fourth-order valence-electron chi connectivity index (χ4n) is 0.752. The van der Waals surface area contributed by atoms with E-state index in [1.54, 1.807) is 13.8 Å². The first-order valence-corrected chi connectivity index (χ1v) is 4.04. The minimum absolute atomic E-state index is 0.0956. The maximum Gasteiger partial charge on any atom is 0.423 e. The van der Waals surface area contributed by atoms with Crippen LogP contribution >= 0.6 is 0 Å². The van der Waals surface area contributed by atoms with E-state index in [1.807, 2.05) is 0 Å². The van der Waals surface area contributed by atoms with Crippen LogP contribution in [-0.4, -0.2) is 29.4 Å². The number of amides is 3. The van der Waals surface area contributed by atoms with E-state index in [9.17, 15) is 14.4 Å². The number of imide groups is 3. The van der Waals surface area contributed by atoms with Gasteiger partial charge in [0.05, 0.1) is 6.61 Å². The SMILES string of the molecule is CCOC(=O)N(C(C)=O)C(=O)CC. The molecule has 0 unspecified atom stereocenters. The second-order valence-electron chi connectivity index (χ2n) is 2.30. The topological polar surface area (TPSA) is 63.7 Å². The number of hydrogen-bond acceptors (Lipinski definition) is 4. The number of ether oxygens (including phenoxy) is 1. The van der Waals surface area contributed by atoms with Crippen molar-refractivity contribution in [3.8, 4) is 0 Å². The molecule has 5 nitrogen and oxygen atoms in total. The molecule has 0 saturated carbocycles. The van der Waals surface area contributed by atoms with Gasteiger partial charge in [-0.15, -0.1) is 0 Å². The lowest BCUT2D eigenvalue weighted by Crippen LogP contribution is -2.40. The quantitative estimate of drug-likeness (QED) is 0.645. The maximum atomic E-state index is 11.1. The van der Waals surface area contributed by atoms with Crippen LogP contribution in [0, 0.1) is 0 Å². The van der Waals surface area contributed by atoms with E-state index in [1.165, 1.54) is 0 Å². The Morgan fingerprint density at radius 1 is 1.23 bits per heavy atom. The Balaban J connectivity index is 4.51. The average Bonchev–Trinajstić information content (AvgIpc) is 2.04. The lowest BCUT2D eigenvalue weighted by Gasteiger charge is -2.14. The first-order valence-electron chi connectivity index (χ1n) is 4.04. The molecule has 0 aliphatic heterocycles. The molecule has 0 aromatic heterocycles. The summed E-state index contributed by atoms with van der Waals surface area (Å²) in [6.45, 7) is 4.45. The first-order chi connectivity index (χ1) is 6.04. The molecule has 0 aliphatic rings. The highest BCUT2D eigenvalue weighted by Gasteiger charge is 2.25. The Hall–Kier alpha value is -1.39. The molecule has 0 atom stereocenters. The zero-order valence-corrected chi connectivity index (χ0v) is 7.99. The first kappa shape index (κ1) is 11.6. The van der Waals surface area contributed by atoms with E-state index < -0.39 is 17.9 Å². The van der Waals surface area contributed by atoms with Crippen LogP contribution in [0.4, 0.5) is 4.79 Å². The van der Waals surface area contributed by atoms with Crippen LogP contribution in [0.5, 0.6) is 0 Å². The van der Waals surface area contributed by atoms with E-state index in [2.05, 4.69) is 4.74 Å². The smallest absolute Gasteiger partial charge is 0.423 e. The van der Waals surface area contributed by atoms with Gasteiger partial charge in [-0.1, -0.05) is 6.92 Å². The molecule has 0 fully saturated rings. The molecule has 13 heavy (non-hydrogen) atoms. The second kappa shape index (κ2) is 5.29. The normalized spacial score (nSPS) is 9.15. The fourth-order valence-corrected chi connectivity index (χ4v) is 0.752. The molecule has 0 N–H and O–H groups in total. The monoisotopic (exact) mass is 187 g/mol. The standard InChI is InChI=1S/C8H13NO4/c1-4-7(11)9(6(3)10)8(12)13-5-2/h4-5H2,1-3H3. The largest absolute Gasteiger partial charge is 0.449 e. The summed E-state index contributed by atoms with van der Waals surface area (Å²) in [5.74, 6) is -1.17. The van der Waals surface area contributed by atoms with E-state index in [4.69, 9.17) is 0 Å². The van der Waals surface area contributed by atoms with Gasteiger partial charge >= 0.3 is 6.09 Å². The third-order valence-corrected chi connectivity index (χ3v) is 1.32. The maximum absolute atomic E-state index is 11.1. The van der Waals surface area contributed by atoms with Gasteiger partial charge in [0.15, 0.2) is 0 Å². The van der Waals surface area contributed by atoms with E-state index in [0.29, 0.717) is 4.90 Å². The number of carbonyl (C=O) groups excluding carboxylic acids is 3. The van der Waals surface area contributed by atoms with Gasteiger partial charge in [-0.3, -0.25) is 9.59 Å². The molecule has 3 amide bonds. The van der Waals surface area contributed by atoms with Crippen LogP contribution in [-0.2, 0) is 14.3 Å². The molecular formula is C8H13NO4. The zero-order valence-electron chi connectivity index (χ0n) is 7.99. The van der Waals surface area contributed by atoms with Crippen molar-refractivity contribution >= 4 is 17.9 Å². The molecule has 0 radical (unpaired) electrons.